The third-order valence-corrected chi connectivity index (χ3v) is 4.48. The molecule has 2 aromatic heterocycles. The number of rotatable bonds is 2. The van der Waals surface area contributed by atoms with Crippen molar-refractivity contribution in [1.29, 1.82) is 0 Å². The highest BCUT2D eigenvalue weighted by Crippen LogP contribution is 2.30. The van der Waals surface area contributed by atoms with Gasteiger partial charge in [-0.25, -0.2) is 4.98 Å². The second kappa shape index (κ2) is 4.10. The van der Waals surface area contributed by atoms with E-state index in [1.807, 2.05) is 17.7 Å². The summed E-state index contributed by atoms with van der Waals surface area (Å²) >= 11 is 6.75. The molecule has 2 heterocycles. The number of thiophene rings is 1. The van der Waals surface area contributed by atoms with Crippen molar-refractivity contribution >= 4 is 38.6 Å². The minimum atomic E-state index is -0.111. The summed E-state index contributed by atoms with van der Waals surface area (Å²) in [6.45, 7) is 1.99. The lowest BCUT2D eigenvalue weighted by atomic mass is 10.1. The Hall–Kier alpha value is -0.230. The van der Waals surface area contributed by atoms with Crippen LogP contribution in [0.15, 0.2) is 20.6 Å². The van der Waals surface area contributed by atoms with Crippen molar-refractivity contribution in [1.82, 2.24) is 4.98 Å². The largest absolute Gasteiger partial charge is 0.319 e. The van der Waals surface area contributed by atoms with Gasteiger partial charge in [0, 0.05) is 15.2 Å². The monoisotopic (exact) mass is 288 g/mol. The Morgan fingerprint density at radius 3 is 2.71 bits per heavy atom. The van der Waals surface area contributed by atoms with Crippen LogP contribution in [0.25, 0.3) is 0 Å². The molecular weight excluding hydrogens is 280 g/mol. The standard InChI is InChI=1S/C9H9BrN2S2/c1-5-12-8(4-14-5)9(11)6-2-13-3-7(6)10/h2-4,9H,11H2,1H3. The average molecular weight is 289 g/mol. The maximum Gasteiger partial charge on any atom is 0.0898 e. The Labute approximate surface area is 98.9 Å². The van der Waals surface area contributed by atoms with Crippen LogP contribution in [0.2, 0.25) is 0 Å². The van der Waals surface area contributed by atoms with Crippen molar-refractivity contribution in [2.45, 2.75) is 13.0 Å². The Kier molecular flexibility index (Phi) is 3.02. The zero-order chi connectivity index (χ0) is 10.1. The lowest BCUT2D eigenvalue weighted by Gasteiger charge is -2.07. The predicted octanol–water partition coefficient (Wildman–Crippen LogP) is 3.32. The van der Waals surface area contributed by atoms with Crippen LogP contribution < -0.4 is 5.73 Å². The van der Waals surface area contributed by atoms with E-state index in [0.29, 0.717) is 0 Å². The molecule has 0 aromatic carbocycles. The summed E-state index contributed by atoms with van der Waals surface area (Å²) in [5.74, 6) is 0. The van der Waals surface area contributed by atoms with Crippen molar-refractivity contribution in [2.24, 2.45) is 5.73 Å². The SMILES string of the molecule is Cc1nc(C(N)c2cscc2Br)cs1. The highest BCUT2D eigenvalue weighted by molar-refractivity contribution is 9.10. The van der Waals surface area contributed by atoms with Gasteiger partial charge < -0.3 is 5.73 Å². The van der Waals surface area contributed by atoms with Gasteiger partial charge >= 0.3 is 0 Å². The zero-order valence-corrected chi connectivity index (χ0v) is 10.7. The first-order valence-electron chi connectivity index (χ1n) is 4.07. The van der Waals surface area contributed by atoms with Gasteiger partial charge in [-0.3, -0.25) is 0 Å². The minimum absolute atomic E-state index is 0.111. The number of nitrogens with zero attached hydrogens (tertiary/aromatic N) is 1. The van der Waals surface area contributed by atoms with Crippen LogP contribution >= 0.6 is 38.6 Å². The molecule has 0 saturated carbocycles. The van der Waals surface area contributed by atoms with E-state index in [1.54, 1.807) is 22.7 Å². The summed E-state index contributed by atoms with van der Waals surface area (Å²) in [6, 6.07) is -0.111. The smallest absolute Gasteiger partial charge is 0.0898 e. The summed E-state index contributed by atoms with van der Waals surface area (Å²) in [7, 11) is 0. The molecule has 0 saturated heterocycles. The average Bonchev–Trinajstić information content (AvgIpc) is 2.73. The maximum absolute atomic E-state index is 6.10. The molecule has 0 fully saturated rings. The second-order valence-electron chi connectivity index (χ2n) is 2.94. The van der Waals surface area contributed by atoms with E-state index < -0.39 is 0 Å². The van der Waals surface area contributed by atoms with Crippen LogP contribution in [-0.4, -0.2) is 4.98 Å². The van der Waals surface area contributed by atoms with Gasteiger partial charge in [-0.05, 0) is 33.8 Å². The molecule has 14 heavy (non-hydrogen) atoms. The first-order chi connectivity index (χ1) is 6.68. The second-order valence-corrected chi connectivity index (χ2v) is 5.60. The van der Waals surface area contributed by atoms with Gasteiger partial charge in [0.05, 0.1) is 16.7 Å². The molecule has 1 unspecified atom stereocenters. The summed E-state index contributed by atoms with van der Waals surface area (Å²) in [5.41, 5.74) is 8.16. The number of aryl methyl sites for hydroxylation is 1. The number of nitrogens with two attached hydrogens (primary N) is 1. The van der Waals surface area contributed by atoms with E-state index in [1.165, 1.54) is 0 Å². The predicted molar refractivity (Wildman–Crippen MR) is 64.9 cm³/mol. The number of aromatic nitrogens is 1. The highest BCUT2D eigenvalue weighted by atomic mass is 79.9. The Balaban J connectivity index is 2.33. The zero-order valence-electron chi connectivity index (χ0n) is 7.53. The summed E-state index contributed by atoms with van der Waals surface area (Å²) in [5, 5.41) is 7.17. The number of halogens is 1. The van der Waals surface area contributed by atoms with Crippen molar-refractivity contribution in [2.75, 3.05) is 0 Å². The van der Waals surface area contributed by atoms with Gasteiger partial charge in [-0.2, -0.15) is 11.3 Å². The molecule has 0 radical (unpaired) electrons. The Morgan fingerprint density at radius 1 is 1.43 bits per heavy atom. The molecule has 74 valence electrons. The fourth-order valence-corrected chi connectivity index (χ4v) is 3.42. The van der Waals surface area contributed by atoms with Gasteiger partial charge in [0.25, 0.3) is 0 Å². The third-order valence-electron chi connectivity index (χ3n) is 1.93. The van der Waals surface area contributed by atoms with E-state index in [-0.39, 0.29) is 6.04 Å². The highest BCUT2D eigenvalue weighted by Gasteiger charge is 2.15. The van der Waals surface area contributed by atoms with Crippen LogP contribution in [-0.2, 0) is 0 Å². The number of hydrogen-bond donors (Lipinski definition) is 1. The van der Waals surface area contributed by atoms with E-state index >= 15 is 0 Å². The summed E-state index contributed by atoms with van der Waals surface area (Å²) < 4.78 is 1.07. The lowest BCUT2D eigenvalue weighted by molar-refractivity contribution is 0.835. The molecular formula is C9H9BrN2S2. The molecule has 2 N–H and O–H groups in total. The molecule has 2 aromatic rings. The van der Waals surface area contributed by atoms with Crippen LogP contribution in [0.5, 0.6) is 0 Å². The molecule has 0 spiro atoms. The van der Waals surface area contributed by atoms with Gasteiger partial charge in [-0.15, -0.1) is 11.3 Å². The third kappa shape index (κ3) is 1.91. The summed E-state index contributed by atoms with van der Waals surface area (Å²) in [4.78, 5) is 4.38. The van der Waals surface area contributed by atoms with Crippen molar-refractivity contribution < 1.29 is 0 Å². The van der Waals surface area contributed by atoms with Crippen LogP contribution in [0.1, 0.15) is 22.3 Å². The number of thiazole rings is 1. The fourth-order valence-electron chi connectivity index (χ4n) is 1.20. The van der Waals surface area contributed by atoms with E-state index in [9.17, 15) is 0 Å². The maximum atomic E-state index is 6.10. The minimum Gasteiger partial charge on any atom is -0.319 e. The first-order valence-corrected chi connectivity index (χ1v) is 6.69. The molecule has 0 aliphatic carbocycles. The fraction of sp³-hybridized carbons (Fsp3) is 0.222. The molecule has 0 amide bonds. The quantitative estimate of drug-likeness (QED) is 0.921. The molecule has 1 atom stereocenters. The Morgan fingerprint density at radius 2 is 2.21 bits per heavy atom. The normalized spacial score (nSPS) is 13.1. The lowest BCUT2D eigenvalue weighted by Crippen LogP contribution is -2.11. The topological polar surface area (TPSA) is 38.9 Å². The number of hydrogen-bond acceptors (Lipinski definition) is 4. The van der Waals surface area contributed by atoms with Crippen molar-refractivity contribution in [3.8, 4) is 0 Å². The summed E-state index contributed by atoms with van der Waals surface area (Å²) in [6.07, 6.45) is 0. The van der Waals surface area contributed by atoms with Crippen molar-refractivity contribution in [3.63, 3.8) is 0 Å². The van der Waals surface area contributed by atoms with Gasteiger partial charge in [0.15, 0.2) is 0 Å². The van der Waals surface area contributed by atoms with Crippen LogP contribution in [0, 0.1) is 6.92 Å². The van der Waals surface area contributed by atoms with Gasteiger partial charge in [0.2, 0.25) is 0 Å². The van der Waals surface area contributed by atoms with Crippen LogP contribution in [0.3, 0.4) is 0 Å². The van der Waals surface area contributed by atoms with E-state index in [4.69, 9.17) is 5.73 Å². The van der Waals surface area contributed by atoms with Gasteiger partial charge in [-0.1, -0.05) is 0 Å². The van der Waals surface area contributed by atoms with Gasteiger partial charge in [0.1, 0.15) is 0 Å². The molecule has 0 aliphatic heterocycles. The molecule has 0 bridgehead atoms. The Bertz CT molecular complexity index is 435. The molecule has 5 heteroatoms. The molecule has 2 rings (SSSR count). The van der Waals surface area contributed by atoms with E-state index in [0.717, 1.165) is 20.7 Å². The first kappa shape index (κ1) is 10.3. The molecule has 2 nitrogen and oxygen atoms in total. The molecule has 0 aliphatic rings. The van der Waals surface area contributed by atoms with Crippen molar-refractivity contribution in [3.05, 3.63) is 36.9 Å². The van der Waals surface area contributed by atoms with Crippen LogP contribution in [0.4, 0.5) is 0 Å². The van der Waals surface area contributed by atoms with E-state index in [2.05, 4.69) is 26.3 Å².